The minimum atomic E-state index is -0.370. The average molecular weight is 456 g/mol. The molecule has 10 heteroatoms. The number of aliphatic imine (C=N–C) groups is 2. The van der Waals surface area contributed by atoms with Crippen molar-refractivity contribution in [1.29, 1.82) is 0 Å². The number of methoxy groups -OCH3 is 1. The predicted molar refractivity (Wildman–Crippen MR) is 126 cm³/mol. The Bertz CT molecular complexity index is 1100. The van der Waals surface area contributed by atoms with E-state index in [9.17, 15) is 9.18 Å². The fourth-order valence-electron chi connectivity index (χ4n) is 3.16. The molecule has 0 radical (unpaired) electrons. The van der Waals surface area contributed by atoms with E-state index in [0.717, 1.165) is 11.3 Å². The van der Waals surface area contributed by atoms with Gasteiger partial charge in [-0.25, -0.2) is 9.38 Å². The number of hydrogen-bond acceptors (Lipinski definition) is 5. The Morgan fingerprint density at radius 1 is 1.33 bits per heavy atom. The van der Waals surface area contributed by atoms with Gasteiger partial charge in [0.2, 0.25) is 5.96 Å². The second kappa shape index (κ2) is 10.0. The zero-order chi connectivity index (χ0) is 24.2. The molecule has 1 aromatic carbocycles. The Morgan fingerprint density at radius 2 is 2.03 bits per heavy atom. The average Bonchev–Trinajstić information content (AvgIpc) is 3.35. The van der Waals surface area contributed by atoms with Gasteiger partial charge < -0.3 is 4.74 Å². The van der Waals surface area contributed by atoms with Crippen LogP contribution in [0.1, 0.15) is 55.9 Å². The molecule has 1 atom stereocenters. The van der Waals surface area contributed by atoms with Crippen LogP contribution in [-0.4, -0.2) is 53.0 Å². The van der Waals surface area contributed by atoms with Crippen molar-refractivity contribution in [2.45, 2.75) is 45.6 Å². The third-order valence-corrected chi connectivity index (χ3v) is 4.93. The highest BCUT2D eigenvalue weighted by Gasteiger charge is 2.23. The number of aromatic nitrogens is 2. The van der Waals surface area contributed by atoms with Gasteiger partial charge in [-0.15, -0.1) is 0 Å². The molecular weight excluding hydrogens is 425 g/mol. The summed E-state index contributed by atoms with van der Waals surface area (Å²) in [7, 11) is 3.31. The van der Waals surface area contributed by atoms with E-state index in [1.165, 1.54) is 12.1 Å². The molecule has 9 nitrogen and oxygen atoms in total. The number of nitrogens with zero attached hydrogens (tertiary/aromatic N) is 5. The van der Waals surface area contributed by atoms with Crippen molar-refractivity contribution in [3.05, 3.63) is 53.1 Å². The van der Waals surface area contributed by atoms with Crippen LogP contribution >= 0.6 is 0 Å². The number of nitrogens with one attached hydrogen (secondary N) is 2. The molecule has 0 spiro atoms. The molecule has 1 aromatic heterocycles. The van der Waals surface area contributed by atoms with Crippen LogP contribution in [0.15, 0.2) is 45.4 Å². The lowest BCUT2D eigenvalue weighted by Crippen LogP contribution is -2.33. The number of hydrazone groups is 1. The van der Waals surface area contributed by atoms with E-state index >= 15 is 0 Å². The Balaban J connectivity index is 1.81. The number of ether oxygens (including phenoxy) is 1. The smallest absolute Gasteiger partial charge is 0.276 e. The number of aryl methyl sites for hydroxylation is 1. The number of carbonyl (C=O) groups is 1. The van der Waals surface area contributed by atoms with Gasteiger partial charge >= 0.3 is 0 Å². The number of hydrogen-bond donors (Lipinski definition) is 2. The topological polar surface area (TPSA) is 105 Å². The molecule has 0 aliphatic carbocycles. The summed E-state index contributed by atoms with van der Waals surface area (Å²) < 4.78 is 19.9. The highest BCUT2D eigenvalue weighted by atomic mass is 19.1. The largest absolute Gasteiger partial charge is 0.382 e. The lowest BCUT2D eigenvalue weighted by atomic mass is 9.92. The lowest BCUT2D eigenvalue weighted by Gasteiger charge is -2.13. The summed E-state index contributed by atoms with van der Waals surface area (Å²) in [5.74, 6) is -0.0291. The molecule has 0 unspecified atom stereocenters. The number of halogens is 1. The minimum absolute atomic E-state index is 0.140. The predicted octanol–water partition coefficient (Wildman–Crippen LogP) is 2.77. The number of amides is 1. The van der Waals surface area contributed by atoms with Crippen LogP contribution in [0.2, 0.25) is 0 Å². The summed E-state index contributed by atoms with van der Waals surface area (Å²) in [5, 5.41) is 11.5. The fraction of sp³-hybridized carbons (Fsp3) is 0.435. The van der Waals surface area contributed by atoms with Crippen LogP contribution in [0.25, 0.3) is 0 Å². The van der Waals surface area contributed by atoms with Gasteiger partial charge in [-0.2, -0.15) is 15.2 Å². The first-order valence-corrected chi connectivity index (χ1v) is 10.7. The van der Waals surface area contributed by atoms with E-state index in [4.69, 9.17) is 4.74 Å². The van der Waals surface area contributed by atoms with Gasteiger partial charge in [0.25, 0.3) is 5.91 Å². The summed E-state index contributed by atoms with van der Waals surface area (Å²) in [5.41, 5.74) is 5.38. The van der Waals surface area contributed by atoms with Gasteiger partial charge in [0, 0.05) is 19.6 Å². The standard InChI is InChI=1S/C23H30FN7O2/c1-14(13-33-6)25-22(27-21(32)18-12-19(23(2,3)4)30-31(18)5)26-20-11-17(28-29-20)15-7-9-16(24)10-8-15/h7-10,12,14H,11,13H2,1-6H3,(H2,25,26,27,29,32)/t14-/m0/s1. The van der Waals surface area contributed by atoms with E-state index in [1.807, 2.05) is 27.7 Å². The molecule has 1 amide bonds. The number of guanidine groups is 1. The summed E-state index contributed by atoms with van der Waals surface area (Å²) >= 11 is 0. The van der Waals surface area contributed by atoms with Crippen molar-refractivity contribution >= 4 is 23.4 Å². The van der Waals surface area contributed by atoms with E-state index in [-0.39, 0.29) is 29.1 Å². The molecular formula is C23H30FN7O2. The van der Waals surface area contributed by atoms with Crippen LogP contribution in [0.4, 0.5) is 4.39 Å². The maximum absolute atomic E-state index is 13.2. The van der Waals surface area contributed by atoms with Gasteiger partial charge in [0.1, 0.15) is 17.3 Å². The van der Waals surface area contributed by atoms with Crippen molar-refractivity contribution in [1.82, 2.24) is 20.5 Å². The first-order valence-electron chi connectivity index (χ1n) is 10.7. The monoisotopic (exact) mass is 455 g/mol. The molecule has 2 heterocycles. The molecule has 0 saturated carbocycles. The van der Waals surface area contributed by atoms with Crippen LogP contribution in [0, 0.1) is 5.82 Å². The highest BCUT2D eigenvalue weighted by molar-refractivity contribution is 6.18. The molecule has 0 saturated heterocycles. The highest BCUT2D eigenvalue weighted by Crippen LogP contribution is 2.21. The Kier molecular flexibility index (Phi) is 7.37. The van der Waals surface area contributed by atoms with E-state index < -0.39 is 0 Å². The lowest BCUT2D eigenvalue weighted by molar-refractivity contribution is 0.0967. The molecule has 2 N–H and O–H groups in total. The molecule has 3 rings (SSSR count). The first kappa shape index (κ1) is 24.2. The Morgan fingerprint density at radius 3 is 2.64 bits per heavy atom. The zero-order valence-electron chi connectivity index (χ0n) is 19.8. The van der Waals surface area contributed by atoms with E-state index in [1.54, 1.807) is 37.0 Å². The first-order chi connectivity index (χ1) is 15.6. The van der Waals surface area contributed by atoms with Gasteiger partial charge in [0.15, 0.2) is 0 Å². The zero-order valence-corrected chi connectivity index (χ0v) is 19.8. The fourth-order valence-corrected chi connectivity index (χ4v) is 3.16. The maximum atomic E-state index is 13.2. The summed E-state index contributed by atoms with van der Waals surface area (Å²) in [6.07, 6.45) is 0.388. The second-order valence-electron chi connectivity index (χ2n) is 8.91. The van der Waals surface area contributed by atoms with Gasteiger partial charge in [-0.05, 0) is 30.7 Å². The number of carbonyl (C=O) groups excluding carboxylic acids is 1. The van der Waals surface area contributed by atoms with Crippen molar-refractivity contribution in [3.8, 4) is 0 Å². The second-order valence-corrected chi connectivity index (χ2v) is 8.91. The molecule has 2 aromatic rings. The van der Waals surface area contributed by atoms with Crippen LogP contribution < -0.4 is 10.7 Å². The van der Waals surface area contributed by atoms with E-state index in [0.29, 0.717) is 30.3 Å². The van der Waals surface area contributed by atoms with Crippen LogP contribution in [0.5, 0.6) is 0 Å². The number of benzene rings is 1. The number of rotatable bonds is 5. The third kappa shape index (κ3) is 6.32. The minimum Gasteiger partial charge on any atom is -0.382 e. The molecule has 0 bridgehead atoms. The summed E-state index contributed by atoms with van der Waals surface area (Å²) in [4.78, 5) is 22.0. The van der Waals surface area contributed by atoms with Crippen molar-refractivity contribution in [3.63, 3.8) is 0 Å². The van der Waals surface area contributed by atoms with Crippen LogP contribution in [0.3, 0.4) is 0 Å². The van der Waals surface area contributed by atoms with Crippen molar-refractivity contribution in [2.24, 2.45) is 22.1 Å². The Labute approximate surface area is 192 Å². The van der Waals surface area contributed by atoms with Gasteiger partial charge in [-0.1, -0.05) is 32.9 Å². The van der Waals surface area contributed by atoms with E-state index in [2.05, 4.69) is 30.9 Å². The van der Waals surface area contributed by atoms with Crippen molar-refractivity contribution < 1.29 is 13.9 Å². The molecule has 1 aliphatic heterocycles. The van der Waals surface area contributed by atoms with Crippen LogP contribution in [-0.2, 0) is 17.2 Å². The van der Waals surface area contributed by atoms with Gasteiger partial charge in [0.05, 0.1) is 30.5 Å². The summed E-state index contributed by atoms with van der Waals surface area (Å²) in [6, 6.07) is 7.61. The molecule has 176 valence electrons. The molecule has 1 aliphatic rings. The number of amidine groups is 1. The maximum Gasteiger partial charge on any atom is 0.276 e. The van der Waals surface area contributed by atoms with Gasteiger partial charge in [-0.3, -0.25) is 20.2 Å². The Hall–Kier alpha value is -3.40. The summed E-state index contributed by atoms with van der Waals surface area (Å²) in [6.45, 7) is 8.33. The normalized spacial score (nSPS) is 16.5. The third-order valence-electron chi connectivity index (χ3n) is 4.93. The van der Waals surface area contributed by atoms with Crippen molar-refractivity contribution in [2.75, 3.05) is 13.7 Å². The quantitative estimate of drug-likeness (QED) is 0.534. The molecule has 0 fully saturated rings. The molecule has 33 heavy (non-hydrogen) atoms. The SMILES string of the molecule is COC[C@H](C)N=C(N=C1CC(c2ccc(F)cc2)=NN1)NC(=O)c1cc(C(C)(C)C)nn1C.